The third-order valence-corrected chi connectivity index (χ3v) is 11.8. The van der Waals surface area contributed by atoms with Crippen molar-refractivity contribution in [2.75, 3.05) is 22.9 Å². The van der Waals surface area contributed by atoms with Crippen LogP contribution in [0.5, 0.6) is 0 Å². The minimum Gasteiger partial charge on any atom is -1.00 e. The van der Waals surface area contributed by atoms with Crippen molar-refractivity contribution < 1.29 is 57.9 Å². The molecule has 2 aliphatic rings. The number of fused-ring (bicyclic) bond motifs is 1. The Balaban J connectivity index is 0.000000490. The van der Waals surface area contributed by atoms with Crippen LogP contribution in [0.4, 0.5) is 11.4 Å². The minimum absolute atomic E-state index is 0. The summed E-state index contributed by atoms with van der Waals surface area (Å²) in [4.78, 5) is 5.01. The molecular weight excluding hydrogens is 892 g/mol. The molecule has 0 bridgehead atoms. The van der Waals surface area contributed by atoms with Crippen LogP contribution in [-0.4, -0.2) is 31.4 Å². The van der Waals surface area contributed by atoms with Crippen molar-refractivity contribution in [3.8, 4) is 0 Å². The molecule has 9 heteroatoms. The standard InChI is InChI=1S/C27H39N2.C15H10.C9H22O3P.2ClH.Ru/c1-18(2)22-11-9-12-23(19(3)4)26(22)28-15-16-29(17-28)27-24(20(5)6)13-10-14-25(27)21(7)8;1-2-6-12(7-3-1)15-11-10-13-8-4-5-9-14(13)15;1-7(2)10-13(11-8(3)4)12-9(5)6;;;/h9-14,17-21H,15-16H2,1-8H3;1-9,11H;7-9,13H,1-6H3;2*1H;/q;;+1;;;+1/p-2. The Morgan fingerprint density at radius 3 is 1.22 bits per heavy atom. The average Bonchev–Trinajstić information content (AvgIpc) is 3.82. The van der Waals surface area contributed by atoms with Gasteiger partial charge in [0.25, 0.3) is 0 Å². The summed E-state index contributed by atoms with van der Waals surface area (Å²) in [7, 11) is -1.54. The second-order valence-corrected chi connectivity index (χ2v) is 18.3. The summed E-state index contributed by atoms with van der Waals surface area (Å²) >= 11 is 0. The largest absolute Gasteiger partial charge is 1.00 e. The van der Waals surface area contributed by atoms with Crippen LogP contribution in [0.3, 0.4) is 0 Å². The first-order chi connectivity index (χ1) is 27.1. The average molecular weight is 963 g/mol. The Bertz CT molecular complexity index is 1890. The summed E-state index contributed by atoms with van der Waals surface area (Å²) in [6.45, 7) is 34.8. The maximum Gasteiger partial charge on any atom is 1.00 e. The van der Waals surface area contributed by atoms with Crippen LogP contribution in [0.15, 0.2) is 97.1 Å². The van der Waals surface area contributed by atoms with Crippen LogP contribution >= 0.6 is 8.60 Å². The van der Waals surface area contributed by atoms with Crippen molar-refractivity contribution in [2.24, 2.45) is 0 Å². The van der Waals surface area contributed by atoms with E-state index in [1.807, 2.05) is 53.7 Å². The van der Waals surface area contributed by atoms with Crippen molar-refractivity contribution in [1.29, 1.82) is 0 Å². The fourth-order valence-corrected chi connectivity index (χ4v) is 8.44. The summed E-state index contributed by atoms with van der Waals surface area (Å²) in [5, 5.41) is 2.47. The molecule has 0 amide bonds. The van der Waals surface area contributed by atoms with Crippen LogP contribution < -0.4 is 45.1 Å². The number of hydrogen-bond donors (Lipinski definition) is 0. The summed E-state index contributed by atoms with van der Waals surface area (Å²) in [6, 6.07) is 32.5. The number of halogens is 2. The van der Waals surface area contributed by atoms with Gasteiger partial charge < -0.3 is 34.6 Å². The molecule has 0 unspecified atom stereocenters. The van der Waals surface area contributed by atoms with E-state index in [2.05, 4.69) is 163 Å². The number of para-hydroxylation sites is 2. The maximum atomic E-state index is 5.53. The topological polar surface area (TPSA) is 34.2 Å². The summed E-state index contributed by atoms with van der Waals surface area (Å²) in [5.41, 5.74) is 14.5. The predicted molar refractivity (Wildman–Crippen MR) is 248 cm³/mol. The molecule has 4 aromatic carbocycles. The zero-order valence-corrected chi connectivity index (χ0v) is 42.7. The van der Waals surface area contributed by atoms with Gasteiger partial charge in [-0.05, 0) is 116 Å². The van der Waals surface area contributed by atoms with E-state index < -0.39 is 8.60 Å². The van der Waals surface area contributed by atoms with E-state index in [1.54, 1.807) is 0 Å². The summed E-state index contributed by atoms with van der Waals surface area (Å²) in [5.74, 6) is 2.06. The Morgan fingerprint density at radius 2 is 0.850 bits per heavy atom. The second kappa shape index (κ2) is 26.9. The van der Waals surface area contributed by atoms with E-state index in [9.17, 15) is 0 Å². The molecule has 60 heavy (non-hydrogen) atoms. The summed E-state index contributed by atoms with van der Waals surface area (Å²) in [6.07, 6.45) is 2.55. The molecule has 0 N–H and O–H groups in total. The number of rotatable bonds is 13. The molecule has 4 aromatic rings. The van der Waals surface area contributed by atoms with Crippen LogP contribution in [0.1, 0.15) is 148 Å². The summed E-state index contributed by atoms with van der Waals surface area (Å²) < 4.78 is 16.6. The van der Waals surface area contributed by atoms with E-state index in [0.717, 1.165) is 13.1 Å². The van der Waals surface area contributed by atoms with Crippen LogP contribution in [0, 0.1) is 6.67 Å². The van der Waals surface area contributed by atoms with Gasteiger partial charge in [0, 0.05) is 29.7 Å². The second-order valence-electron chi connectivity index (χ2n) is 17.1. The van der Waals surface area contributed by atoms with Gasteiger partial charge >= 0.3 is 28.1 Å². The fourth-order valence-electron chi connectivity index (χ4n) is 7.11. The van der Waals surface area contributed by atoms with Gasteiger partial charge in [-0.15, -0.1) is 5.73 Å². The molecule has 0 atom stereocenters. The molecule has 5 nitrogen and oxygen atoms in total. The smallest absolute Gasteiger partial charge is 1.00 e. The Hall–Kier alpha value is -2.49. The third-order valence-electron chi connectivity index (χ3n) is 9.79. The number of anilines is 2. The van der Waals surface area contributed by atoms with Gasteiger partial charge in [-0.3, -0.25) is 0 Å². The van der Waals surface area contributed by atoms with E-state index >= 15 is 0 Å². The van der Waals surface area contributed by atoms with Gasteiger partial charge in [0.05, 0.1) is 0 Å². The molecule has 0 spiro atoms. The van der Waals surface area contributed by atoms with Gasteiger partial charge in [-0.1, -0.05) is 140 Å². The number of benzene rings is 4. The van der Waals surface area contributed by atoms with Gasteiger partial charge in [-0.2, -0.15) is 13.6 Å². The first-order valence-corrected chi connectivity index (χ1v) is 22.4. The predicted octanol–water partition coefficient (Wildman–Crippen LogP) is 6.69. The molecule has 6 rings (SSSR count). The van der Waals surface area contributed by atoms with Crippen molar-refractivity contribution >= 4 is 31.3 Å². The Labute approximate surface area is 390 Å². The van der Waals surface area contributed by atoms with Gasteiger partial charge in [0.2, 0.25) is 0 Å². The molecule has 330 valence electrons. The normalized spacial score (nSPS) is 13.0. The zero-order chi connectivity index (χ0) is 41.8. The number of allylic oxidation sites excluding steroid dienone is 1. The number of nitrogens with zero attached hydrogens (tertiary/aromatic N) is 2. The first kappa shape index (κ1) is 55.5. The van der Waals surface area contributed by atoms with Crippen LogP contribution in [0.25, 0.3) is 11.3 Å². The van der Waals surface area contributed by atoms with Crippen molar-refractivity contribution in [1.82, 2.24) is 0 Å². The Kier molecular flexibility index (Phi) is 24.9. The molecule has 1 aliphatic carbocycles. The zero-order valence-electron chi connectivity index (χ0n) is 38.5. The monoisotopic (exact) mass is 962 g/mol. The molecule has 0 saturated carbocycles. The molecular formula is C51H71Cl2N2O3PRu. The molecule has 1 saturated heterocycles. The van der Waals surface area contributed by atoms with Gasteiger partial charge in [-0.25, -0.2) is 0 Å². The SMILES string of the molecule is C1=CC(c2ccccc2)=c2ccccc2=1.CC(C)O[PH+](OC(C)C)OC(C)C.CC(C)c1cccc(C(C)C)c1N1[CH]N(c2c(C(C)C)cccc2C(C)C)CC1.[Cl-].[Cl-].[Ru+]. The molecule has 1 heterocycles. The quantitative estimate of drug-likeness (QED) is 0.110. The Morgan fingerprint density at radius 1 is 0.483 bits per heavy atom. The van der Waals surface area contributed by atoms with Crippen molar-refractivity contribution in [3.05, 3.63) is 142 Å². The van der Waals surface area contributed by atoms with Crippen molar-refractivity contribution in [3.63, 3.8) is 0 Å². The number of hydrogen-bond acceptors (Lipinski definition) is 5. The minimum atomic E-state index is -1.54. The van der Waals surface area contributed by atoms with Crippen LogP contribution in [0.2, 0.25) is 0 Å². The van der Waals surface area contributed by atoms with Gasteiger partial charge in [0.15, 0.2) is 0 Å². The van der Waals surface area contributed by atoms with Crippen molar-refractivity contribution in [2.45, 2.75) is 139 Å². The molecule has 2 radical (unpaired) electrons. The van der Waals surface area contributed by atoms with E-state index in [1.165, 1.54) is 55.2 Å². The molecule has 1 fully saturated rings. The van der Waals surface area contributed by atoms with E-state index in [-0.39, 0.29) is 62.6 Å². The van der Waals surface area contributed by atoms with Crippen LogP contribution in [-0.2, 0) is 33.0 Å². The van der Waals surface area contributed by atoms with Gasteiger partial charge in [0.1, 0.15) is 25.0 Å². The molecule has 0 aromatic heterocycles. The first-order valence-electron chi connectivity index (χ1n) is 21.2. The third kappa shape index (κ3) is 15.7. The van der Waals surface area contributed by atoms with E-state index in [0.29, 0.717) is 23.7 Å². The fraction of sp³-hybridized carbons (Fsp3) is 0.451. The maximum absolute atomic E-state index is 5.53. The molecule has 1 aliphatic heterocycles. The van der Waals surface area contributed by atoms with E-state index in [4.69, 9.17) is 13.6 Å².